The van der Waals surface area contributed by atoms with Gasteiger partial charge in [-0.05, 0) is 5.92 Å². The highest BCUT2D eigenvalue weighted by Crippen LogP contribution is 1.78. The number of carboxylic acid groups (broad SMARTS) is 1. The zero-order valence-electron chi connectivity index (χ0n) is 7.16. The molecule has 0 bridgehead atoms. The van der Waals surface area contributed by atoms with Crippen LogP contribution in [0, 0.1) is 11.8 Å². The Bertz CT molecular complexity index is 298. The molecule has 0 aliphatic carbocycles. The van der Waals surface area contributed by atoms with Gasteiger partial charge in [0, 0.05) is 12.8 Å². The van der Waals surface area contributed by atoms with Crippen molar-refractivity contribution in [1.82, 2.24) is 0 Å². The van der Waals surface area contributed by atoms with E-state index >= 15 is 0 Å². The van der Waals surface area contributed by atoms with Crippen LogP contribution >= 0.6 is 0 Å². The zero-order chi connectivity index (χ0) is 10.4. The van der Waals surface area contributed by atoms with E-state index in [0.717, 1.165) is 6.92 Å². The first-order valence-electron chi connectivity index (χ1n) is 3.39. The van der Waals surface area contributed by atoms with E-state index in [1.54, 1.807) is 11.8 Å². The molecular weight excluding hydrogens is 164 g/mol. The van der Waals surface area contributed by atoms with Gasteiger partial charge in [-0.1, -0.05) is 0 Å². The molecule has 1 N–H and O–H groups in total. The molecule has 64 valence electrons. The molecule has 0 fully saturated rings. The molecule has 0 aromatic heterocycles. The highest BCUT2D eigenvalue weighted by molar-refractivity contribution is 6.32. The number of aliphatic carboxylic acids is 1. The van der Waals surface area contributed by atoms with Gasteiger partial charge >= 0.3 is 11.9 Å². The summed E-state index contributed by atoms with van der Waals surface area (Å²) >= 11 is 0. The molecule has 0 amide bonds. The maximum Gasteiger partial charge on any atom is 0.382 e. The molecule has 0 aromatic rings. The smallest absolute Gasteiger partial charge is 0.382 e. The standard InChI is InChI=1S/C7H6O5/c1-5(8)7(11)12-4-2-3-6(9)10/h4H2,1H3,(H,9,10)/i4D. The van der Waals surface area contributed by atoms with Gasteiger partial charge in [-0.2, -0.15) is 0 Å². The van der Waals surface area contributed by atoms with Gasteiger partial charge < -0.3 is 9.84 Å². The number of hydrogen-bond donors (Lipinski definition) is 1. The van der Waals surface area contributed by atoms with Crippen LogP contribution in [0.4, 0.5) is 0 Å². The molecule has 0 radical (unpaired) electrons. The summed E-state index contributed by atoms with van der Waals surface area (Å²) < 4.78 is 11.0. The van der Waals surface area contributed by atoms with Crippen molar-refractivity contribution in [3.63, 3.8) is 0 Å². The average Bonchev–Trinajstić information content (AvgIpc) is 2.00. The summed E-state index contributed by atoms with van der Waals surface area (Å²) in [4.78, 5) is 30.6. The van der Waals surface area contributed by atoms with E-state index in [0.29, 0.717) is 0 Å². The molecule has 1 unspecified atom stereocenters. The van der Waals surface area contributed by atoms with Crippen molar-refractivity contribution in [2.75, 3.05) is 6.58 Å². The molecule has 12 heavy (non-hydrogen) atoms. The Morgan fingerprint density at radius 3 is 2.58 bits per heavy atom. The highest BCUT2D eigenvalue weighted by atomic mass is 16.5. The molecule has 0 aliphatic rings. The molecule has 1 atom stereocenters. The summed E-state index contributed by atoms with van der Waals surface area (Å²) in [5, 5.41) is 8.04. The maximum atomic E-state index is 10.5. The van der Waals surface area contributed by atoms with Gasteiger partial charge in [0.2, 0.25) is 5.78 Å². The van der Waals surface area contributed by atoms with Gasteiger partial charge in [0.05, 0.1) is 1.37 Å². The van der Waals surface area contributed by atoms with Crippen LogP contribution in [0.25, 0.3) is 0 Å². The second-order valence-corrected chi connectivity index (χ2v) is 1.65. The summed E-state index contributed by atoms with van der Waals surface area (Å²) in [5.74, 6) is -0.139. The Kier molecular flexibility index (Phi) is 3.38. The Balaban J connectivity index is 4.11. The monoisotopic (exact) mass is 171 g/mol. The lowest BCUT2D eigenvalue weighted by molar-refractivity contribution is -0.151. The number of carbonyl (C=O) groups is 3. The Hall–Kier alpha value is -1.83. The van der Waals surface area contributed by atoms with Gasteiger partial charge in [0.1, 0.15) is 0 Å². The average molecular weight is 171 g/mol. The fourth-order valence-corrected chi connectivity index (χ4v) is 0.257. The van der Waals surface area contributed by atoms with Gasteiger partial charge in [0.15, 0.2) is 6.58 Å². The third-order valence-corrected chi connectivity index (χ3v) is 0.691. The molecule has 0 aliphatic heterocycles. The van der Waals surface area contributed by atoms with E-state index in [1.165, 1.54) is 0 Å². The third kappa shape index (κ3) is 4.99. The first-order chi connectivity index (χ1) is 5.93. The van der Waals surface area contributed by atoms with Crippen molar-refractivity contribution >= 4 is 17.7 Å². The van der Waals surface area contributed by atoms with Crippen molar-refractivity contribution in [1.29, 1.82) is 0 Å². The summed E-state index contributed by atoms with van der Waals surface area (Å²) in [6.45, 7) is -0.674. The second kappa shape index (κ2) is 4.91. The fraction of sp³-hybridized carbons (Fsp3) is 0.286. The topological polar surface area (TPSA) is 80.7 Å². The summed E-state index contributed by atoms with van der Waals surface area (Å²) in [6, 6.07) is 0. The molecule has 0 saturated carbocycles. The van der Waals surface area contributed by atoms with E-state index in [-0.39, 0.29) is 0 Å². The van der Waals surface area contributed by atoms with Crippen LogP contribution in [-0.4, -0.2) is 29.4 Å². The van der Waals surface area contributed by atoms with Crippen molar-refractivity contribution in [2.45, 2.75) is 6.92 Å². The number of ketones is 1. The minimum absolute atomic E-state index is 0.866. The number of rotatable bonds is 2. The Morgan fingerprint density at radius 1 is 1.58 bits per heavy atom. The molecular formula is C7H6O5. The Labute approximate surface area is 69.7 Å². The molecule has 0 heterocycles. The summed E-state index contributed by atoms with van der Waals surface area (Å²) in [5.41, 5.74) is 0. The summed E-state index contributed by atoms with van der Waals surface area (Å²) in [6.07, 6.45) is 0. The number of esters is 1. The van der Waals surface area contributed by atoms with Crippen LogP contribution in [0.2, 0.25) is 0 Å². The van der Waals surface area contributed by atoms with Gasteiger partial charge in [-0.15, -0.1) is 0 Å². The quantitative estimate of drug-likeness (QED) is 0.334. The van der Waals surface area contributed by atoms with Crippen LogP contribution in [0.15, 0.2) is 0 Å². The van der Waals surface area contributed by atoms with E-state index in [4.69, 9.17) is 6.48 Å². The molecule has 0 saturated heterocycles. The molecule has 0 rings (SSSR count). The number of hydrogen-bond acceptors (Lipinski definition) is 4. The van der Waals surface area contributed by atoms with Crippen molar-refractivity contribution in [3.05, 3.63) is 0 Å². The molecule has 0 spiro atoms. The number of carbonyl (C=O) groups excluding carboxylic acids is 2. The van der Waals surface area contributed by atoms with E-state index in [9.17, 15) is 14.4 Å². The minimum atomic E-state index is -1.65. The van der Waals surface area contributed by atoms with E-state index in [2.05, 4.69) is 4.74 Å². The van der Waals surface area contributed by atoms with Crippen molar-refractivity contribution < 1.29 is 25.6 Å². The van der Waals surface area contributed by atoms with Crippen LogP contribution < -0.4 is 0 Å². The Morgan fingerprint density at radius 2 is 2.17 bits per heavy atom. The van der Waals surface area contributed by atoms with Crippen molar-refractivity contribution in [3.8, 4) is 11.8 Å². The first-order valence-corrected chi connectivity index (χ1v) is 2.81. The number of ether oxygens (including phenoxy) is 1. The van der Waals surface area contributed by atoms with Crippen LogP contribution in [0.5, 0.6) is 0 Å². The van der Waals surface area contributed by atoms with Crippen LogP contribution in [-0.2, 0) is 19.1 Å². The summed E-state index contributed by atoms with van der Waals surface area (Å²) in [7, 11) is 0. The van der Waals surface area contributed by atoms with Crippen LogP contribution in [0.3, 0.4) is 0 Å². The lowest BCUT2D eigenvalue weighted by Crippen LogP contribution is -2.13. The number of carboxylic acids is 1. The molecule has 5 nitrogen and oxygen atoms in total. The predicted molar refractivity (Wildman–Crippen MR) is 37.1 cm³/mol. The lowest BCUT2D eigenvalue weighted by Gasteiger charge is -1.93. The third-order valence-electron chi connectivity index (χ3n) is 0.691. The van der Waals surface area contributed by atoms with Gasteiger partial charge in [-0.25, -0.2) is 9.59 Å². The lowest BCUT2D eigenvalue weighted by atomic mass is 10.5. The first kappa shape index (κ1) is 8.27. The highest BCUT2D eigenvalue weighted by Gasteiger charge is 2.06. The number of Topliss-reactive ketones (excluding diaryl/α,β-unsaturated/α-hetero) is 1. The minimum Gasteiger partial charge on any atom is -0.472 e. The van der Waals surface area contributed by atoms with E-state index < -0.39 is 24.3 Å². The molecule has 0 aromatic carbocycles. The maximum absolute atomic E-state index is 10.5. The SMILES string of the molecule is [2H]C(C#CC(=O)O)OC(=O)C(C)=O. The second-order valence-electron chi connectivity index (χ2n) is 1.65. The molecule has 5 heteroatoms. The van der Waals surface area contributed by atoms with Gasteiger partial charge in [0.25, 0.3) is 0 Å². The largest absolute Gasteiger partial charge is 0.472 e. The van der Waals surface area contributed by atoms with Crippen LogP contribution in [0.1, 0.15) is 8.29 Å². The van der Waals surface area contributed by atoms with Crippen molar-refractivity contribution in [2.24, 2.45) is 0 Å². The predicted octanol–water partition coefficient (Wildman–Crippen LogP) is -0.793. The normalized spacial score (nSPS) is 11.6. The van der Waals surface area contributed by atoms with E-state index in [1.807, 2.05) is 0 Å². The fourth-order valence-electron chi connectivity index (χ4n) is 0.257. The zero-order valence-corrected chi connectivity index (χ0v) is 6.16. The van der Waals surface area contributed by atoms with Gasteiger partial charge in [-0.3, -0.25) is 4.79 Å².